The lowest BCUT2D eigenvalue weighted by atomic mass is 10.1. The molecule has 26 heavy (non-hydrogen) atoms. The second-order valence-electron chi connectivity index (χ2n) is 6.70. The molecular weight excluding hydrogens is 322 g/mol. The van der Waals surface area contributed by atoms with E-state index in [0.29, 0.717) is 5.56 Å². The zero-order valence-corrected chi connectivity index (χ0v) is 16.3. The lowest BCUT2D eigenvalue weighted by Crippen LogP contribution is -2.14. The van der Waals surface area contributed by atoms with Crippen LogP contribution in [-0.2, 0) is 6.42 Å². The van der Waals surface area contributed by atoms with Gasteiger partial charge in [-0.1, -0.05) is 57.7 Å². The summed E-state index contributed by atoms with van der Waals surface area (Å²) in [5.74, 6) is 0.738. The molecule has 3 nitrogen and oxygen atoms in total. The number of ether oxygens (including phenoxy) is 1. The molecule has 140 valence electrons. The maximum Gasteiger partial charge on any atom is 0.255 e. The molecule has 2 aromatic rings. The van der Waals surface area contributed by atoms with Crippen LogP contribution >= 0.6 is 0 Å². The minimum atomic E-state index is -0.0832. The number of unbranched alkanes of at least 4 members (excludes halogenated alkanes) is 4. The Labute approximate surface area is 157 Å². The summed E-state index contributed by atoms with van der Waals surface area (Å²) >= 11 is 0. The number of para-hydroxylation sites is 1. The van der Waals surface area contributed by atoms with Gasteiger partial charge in [-0.25, -0.2) is 0 Å². The van der Waals surface area contributed by atoms with E-state index in [1.807, 2.05) is 43.3 Å². The van der Waals surface area contributed by atoms with Gasteiger partial charge in [0.2, 0.25) is 0 Å². The molecule has 1 amide bonds. The van der Waals surface area contributed by atoms with Crippen LogP contribution < -0.4 is 10.1 Å². The van der Waals surface area contributed by atoms with Gasteiger partial charge in [-0.3, -0.25) is 4.79 Å². The first-order chi connectivity index (χ1) is 12.7. The Bertz CT molecular complexity index is 692. The molecule has 0 fully saturated rings. The van der Waals surface area contributed by atoms with Crippen molar-refractivity contribution in [2.24, 2.45) is 0 Å². The van der Waals surface area contributed by atoms with Gasteiger partial charge in [0.05, 0.1) is 6.61 Å². The van der Waals surface area contributed by atoms with Gasteiger partial charge in [-0.2, -0.15) is 0 Å². The molecule has 2 aromatic carbocycles. The Morgan fingerprint density at radius 3 is 2.38 bits per heavy atom. The van der Waals surface area contributed by atoms with E-state index >= 15 is 0 Å². The van der Waals surface area contributed by atoms with Crippen molar-refractivity contribution >= 4 is 11.6 Å². The minimum absolute atomic E-state index is 0.0832. The van der Waals surface area contributed by atoms with Crippen LogP contribution in [0.15, 0.2) is 42.5 Å². The first-order valence-corrected chi connectivity index (χ1v) is 9.78. The van der Waals surface area contributed by atoms with Gasteiger partial charge in [0.25, 0.3) is 5.91 Å². The number of anilines is 1. The molecule has 0 bridgehead atoms. The van der Waals surface area contributed by atoms with Crippen molar-refractivity contribution < 1.29 is 9.53 Å². The predicted octanol–water partition coefficient (Wildman–Crippen LogP) is 6.16. The standard InChI is InChI=1S/C23H31NO2/c1-4-6-7-8-9-17-26-21-15-13-20(14-16-21)23(25)24-22-18(3)11-10-12-19(22)5-2/h10-16H,4-9,17H2,1-3H3,(H,24,25). The third-order valence-corrected chi connectivity index (χ3v) is 4.61. The first-order valence-electron chi connectivity index (χ1n) is 9.78. The van der Waals surface area contributed by atoms with E-state index in [4.69, 9.17) is 4.74 Å². The summed E-state index contributed by atoms with van der Waals surface area (Å²) in [6, 6.07) is 13.5. The second kappa shape index (κ2) is 10.6. The summed E-state index contributed by atoms with van der Waals surface area (Å²) in [6.45, 7) is 7.07. The van der Waals surface area contributed by atoms with Crippen molar-refractivity contribution in [2.45, 2.75) is 59.3 Å². The zero-order chi connectivity index (χ0) is 18.8. The highest BCUT2D eigenvalue weighted by molar-refractivity contribution is 6.05. The van der Waals surface area contributed by atoms with Gasteiger partial charge in [0.15, 0.2) is 0 Å². The van der Waals surface area contributed by atoms with E-state index in [1.165, 1.54) is 25.7 Å². The number of aryl methyl sites for hydroxylation is 2. The number of hydrogen-bond donors (Lipinski definition) is 1. The van der Waals surface area contributed by atoms with Crippen LogP contribution in [0.4, 0.5) is 5.69 Å². The summed E-state index contributed by atoms with van der Waals surface area (Å²) < 4.78 is 5.76. The molecule has 0 aromatic heterocycles. The molecule has 0 spiro atoms. The number of carbonyl (C=O) groups excluding carboxylic acids is 1. The van der Waals surface area contributed by atoms with Crippen LogP contribution in [0.25, 0.3) is 0 Å². The summed E-state index contributed by atoms with van der Waals surface area (Å²) in [6.07, 6.45) is 7.01. The molecule has 0 aliphatic heterocycles. The van der Waals surface area contributed by atoms with Crippen LogP contribution in [0.3, 0.4) is 0 Å². The second-order valence-corrected chi connectivity index (χ2v) is 6.70. The number of benzene rings is 2. The molecule has 0 aliphatic rings. The highest BCUT2D eigenvalue weighted by atomic mass is 16.5. The highest BCUT2D eigenvalue weighted by Crippen LogP contribution is 2.22. The highest BCUT2D eigenvalue weighted by Gasteiger charge is 2.10. The van der Waals surface area contributed by atoms with Gasteiger partial charge in [0.1, 0.15) is 5.75 Å². The fraction of sp³-hybridized carbons (Fsp3) is 0.435. The molecule has 0 saturated carbocycles. The predicted molar refractivity (Wildman–Crippen MR) is 109 cm³/mol. The lowest BCUT2D eigenvalue weighted by Gasteiger charge is -2.13. The largest absolute Gasteiger partial charge is 0.494 e. The fourth-order valence-electron chi connectivity index (χ4n) is 2.99. The van der Waals surface area contributed by atoms with Crippen molar-refractivity contribution in [3.8, 4) is 5.75 Å². The monoisotopic (exact) mass is 353 g/mol. The number of amides is 1. The zero-order valence-electron chi connectivity index (χ0n) is 16.3. The number of hydrogen-bond acceptors (Lipinski definition) is 2. The van der Waals surface area contributed by atoms with E-state index in [2.05, 4.69) is 25.2 Å². The number of nitrogens with one attached hydrogen (secondary N) is 1. The fourth-order valence-corrected chi connectivity index (χ4v) is 2.99. The van der Waals surface area contributed by atoms with Crippen molar-refractivity contribution in [2.75, 3.05) is 11.9 Å². The van der Waals surface area contributed by atoms with Crippen LogP contribution in [0.2, 0.25) is 0 Å². The van der Waals surface area contributed by atoms with Gasteiger partial charge in [-0.15, -0.1) is 0 Å². The quantitative estimate of drug-likeness (QED) is 0.520. The van der Waals surface area contributed by atoms with Crippen molar-refractivity contribution in [3.05, 3.63) is 59.2 Å². The smallest absolute Gasteiger partial charge is 0.255 e. The molecule has 0 aliphatic carbocycles. The maximum absolute atomic E-state index is 12.6. The van der Waals surface area contributed by atoms with Crippen LogP contribution in [-0.4, -0.2) is 12.5 Å². The van der Waals surface area contributed by atoms with Crippen LogP contribution in [0.5, 0.6) is 5.75 Å². The third kappa shape index (κ3) is 5.91. The Morgan fingerprint density at radius 2 is 1.69 bits per heavy atom. The van der Waals surface area contributed by atoms with Crippen molar-refractivity contribution in [1.29, 1.82) is 0 Å². The average molecular weight is 354 g/mol. The Balaban J connectivity index is 1.89. The molecule has 0 radical (unpaired) electrons. The Morgan fingerprint density at radius 1 is 0.962 bits per heavy atom. The SMILES string of the molecule is CCCCCCCOc1ccc(C(=O)Nc2c(C)cccc2CC)cc1. The third-order valence-electron chi connectivity index (χ3n) is 4.61. The van der Waals surface area contributed by atoms with E-state index in [-0.39, 0.29) is 5.91 Å². The number of carbonyl (C=O) groups is 1. The van der Waals surface area contributed by atoms with Crippen LogP contribution in [0.1, 0.15) is 67.4 Å². The van der Waals surface area contributed by atoms with Crippen molar-refractivity contribution in [3.63, 3.8) is 0 Å². The van der Waals surface area contributed by atoms with E-state index in [9.17, 15) is 4.79 Å². The summed E-state index contributed by atoms with van der Waals surface area (Å²) in [5, 5.41) is 3.06. The molecule has 1 N–H and O–H groups in total. The maximum atomic E-state index is 12.6. The Hall–Kier alpha value is -2.29. The molecule has 0 heterocycles. The normalized spacial score (nSPS) is 10.6. The topological polar surface area (TPSA) is 38.3 Å². The molecule has 0 saturated heterocycles. The first kappa shape index (κ1) is 20.0. The molecule has 2 rings (SSSR count). The lowest BCUT2D eigenvalue weighted by molar-refractivity contribution is 0.102. The van der Waals surface area contributed by atoms with E-state index in [1.54, 1.807) is 0 Å². The van der Waals surface area contributed by atoms with Crippen LogP contribution in [0, 0.1) is 6.92 Å². The minimum Gasteiger partial charge on any atom is -0.494 e. The molecule has 3 heteroatoms. The average Bonchev–Trinajstić information content (AvgIpc) is 2.66. The summed E-state index contributed by atoms with van der Waals surface area (Å²) in [4.78, 5) is 12.6. The van der Waals surface area contributed by atoms with Gasteiger partial charge >= 0.3 is 0 Å². The molecule has 0 unspecified atom stereocenters. The molecule has 0 atom stereocenters. The van der Waals surface area contributed by atoms with Gasteiger partial charge < -0.3 is 10.1 Å². The molecular formula is C23H31NO2. The summed E-state index contributed by atoms with van der Waals surface area (Å²) in [5.41, 5.74) is 3.81. The van der Waals surface area contributed by atoms with Gasteiger partial charge in [0, 0.05) is 11.3 Å². The number of rotatable bonds is 10. The Kier molecular flexibility index (Phi) is 8.20. The van der Waals surface area contributed by atoms with E-state index in [0.717, 1.165) is 42.0 Å². The van der Waals surface area contributed by atoms with Gasteiger partial charge in [-0.05, 0) is 55.2 Å². The van der Waals surface area contributed by atoms with Crippen molar-refractivity contribution in [1.82, 2.24) is 0 Å². The van der Waals surface area contributed by atoms with E-state index < -0.39 is 0 Å². The summed E-state index contributed by atoms with van der Waals surface area (Å²) in [7, 11) is 0.